The van der Waals surface area contributed by atoms with Gasteiger partial charge in [0.25, 0.3) is 0 Å². The van der Waals surface area contributed by atoms with Gasteiger partial charge in [-0.05, 0) is 66.3 Å². The molecule has 0 aliphatic rings. The van der Waals surface area contributed by atoms with Crippen molar-refractivity contribution >= 4 is 54.0 Å². The fourth-order valence-electron chi connectivity index (χ4n) is 6.66. The Morgan fingerprint density at radius 1 is 0.318 bits per heavy atom. The summed E-state index contributed by atoms with van der Waals surface area (Å²) in [6.45, 7) is 0. The minimum Gasteiger partial charge on any atom is -0.228 e. The first-order chi connectivity index (χ1) is 21.8. The predicted molar refractivity (Wildman–Crippen MR) is 186 cm³/mol. The van der Waals surface area contributed by atoms with Gasteiger partial charge in [-0.2, -0.15) is 0 Å². The van der Waals surface area contributed by atoms with E-state index in [1.54, 1.807) is 0 Å². The smallest absolute Gasteiger partial charge is 0.160 e. The lowest BCUT2D eigenvalue weighted by Crippen LogP contribution is -1.95. The Morgan fingerprint density at radius 2 is 0.909 bits per heavy atom. The molecule has 0 atom stereocenters. The standard InChI is InChI=1S/C42H26N2/c1-2-8-27(9-3-1)28-14-19-32(20-15-28)41-37-12-6-7-13-39(37)43-42(44-41)33-21-17-30-16-18-31-23-24-35-34-11-5-4-10-29(34)22-25-36(35)40(31)38(30)26-33/h1-26H. The van der Waals surface area contributed by atoms with E-state index in [2.05, 4.69) is 146 Å². The Morgan fingerprint density at radius 3 is 1.80 bits per heavy atom. The van der Waals surface area contributed by atoms with Crippen LogP contribution in [-0.2, 0) is 0 Å². The summed E-state index contributed by atoms with van der Waals surface area (Å²) in [5, 5.41) is 11.1. The summed E-state index contributed by atoms with van der Waals surface area (Å²) >= 11 is 0. The molecule has 2 nitrogen and oxygen atoms in total. The Kier molecular flexibility index (Phi) is 5.54. The van der Waals surface area contributed by atoms with E-state index >= 15 is 0 Å². The number of para-hydroxylation sites is 1. The van der Waals surface area contributed by atoms with Crippen LogP contribution in [0.4, 0.5) is 0 Å². The summed E-state index contributed by atoms with van der Waals surface area (Å²) in [4.78, 5) is 10.3. The van der Waals surface area contributed by atoms with Gasteiger partial charge in [0, 0.05) is 16.5 Å². The van der Waals surface area contributed by atoms with Gasteiger partial charge < -0.3 is 0 Å². The van der Waals surface area contributed by atoms with Crippen molar-refractivity contribution in [2.24, 2.45) is 0 Å². The maximum absolute atomic E-state index is 5.22. The quantitative estimate of drug-likeness (QED) is 0.202. The van der Waals surface area contributed by atoms with Gasteiger partial charge in [-0.25, -0.2) is 9.97 Å². The Hall–Kier alpha value is -5.86. The summed E-state index contributed by atoms with van der Waals surface area (Å²) in [7, 11) is 0. The molecule has 1 aromatic heterocycles. The predicted octanol–water partition coefficient (Wildman–Crippen LogP) is 11.2. The molecular formula is C42H26N2. The largest absolute Gasteiger partial charge is 0.228 e. The van der Waals surface area contributed by atoms with Gasteiger partial charge in [-0.15, -0.1) is 0 Å². The first-order valence-electron chi connectivity index (χ1n) is 15.0. The van der Waals surface area contributed by atoms with Crippen LogP contribution in [0.15, 0.2) is 158 Å². The molecular weight excluding hydrogens is 532 g/mol. The first kappa shape index (κ1) is 24.7. The number of nitrogens with zero attached hydrogens (tertiary/aromatic N) is 2. The Labute approximate surface area is 254 Å². The van der Waals surface area contributed by atoms with Crippen molar-refractivity contribution in [3.05, 3.63) is 158 Å². The summed E-state index contributed by atoms with van der Waals surface area (Å²) < 4.78 is 0. The van der Waals surface area contributed by atoms with Crippen LogP contribution in [0.3, 0.4) is 0 Å². The molecule has 8 aromatic carbocycles. The molecule has 0 amide bonds. The summed E-state index contributed by atoms with van der Waals surface area (Å²) in [6, 6.07) is 56.2. The number of benzene rings is 8. The average molecular weight is 559 g/mol. The van der Waals surface area contributed by atoms with E-state index in [-0.39, 0.29) is 0 Å². The zero-order chi connectivity index (χ0) is 29.0. The zero-order valence-electron chi connectivity index (χ0n) is 23.9. The molecule has 0 aliphatic heterocycles. The van der Waals surface area contributed by atoms with Gasteiger partial charge in [-0.1, -0.05) is 146 Å². The second kappa shape index (κ2) is 9.86. The van der Waals surface area contributed by atoms with Crippen LogP contribution in [0.2, 0.25) is 0 Å². The second-order valence-electron chi connectivity index (χ2n) is 11.4. The van der Waals surface area contributed by atoms with E-state index in [0.29, 0.717) is 0 Å². The van der Waals surface area contributed by atoms with Crippen molar-refractivity contribution in [3.63, 3.8) is 0 Å². The maximum atomic E-state index is 5.22. The molecule has 0 unspecified atom stereocenters. The average Bonchev–Trinajstić information content (AvgIpc) is 3.11. The molecule has 0 saturated carbocycles. The fourth-order valence-corrected chi connectivity index (χ4v) is 6.66. The van der Waals surface area contributed by atoms with Crippen LogP contribution in [0.1, 0.15) is 0 Å². The van der Waals surface area contributed by atoms with Crippen molar-refractivity contribution in [3.8, 4) is 33.8 Å². The van der Waals surface area contributed by atoms with Gasteiger partial charge >= 0.3 is 0 Å². The van der Waals surface area contributed by atoms with Crippen LogP contribution >= 0.6 is 0 Å². The minimum absolute atomic E-state index is 0.732. The third-order valence-corrected chi connectivity index (χ3v) is 8.85. The Balaban J connectivity index is 1.25. The molecule has 0 bridgehead atoms. The van der Waals surface area contributed by atoms with Crippen molar-refractivity contribution in [1.29, 1.82) is 0 Å². The van der Waals surface area contributed by atoms with Gasteiger partial charge in [0.1, 0.15) is 0 Å². The van der Waals surface area contributed by atoms with Gasteiger partial charge in [0.15, 0.2) is 5.82 Å². The van der Waals surface area contributed by atoms with E-state index in [9.17, 15) is 0 Å². The van der Waals surface area contributed by atoms with E-state index in [0.717, 1.165) is 33.5 Å². The highest BCUT2D eigenvalue weighted by atomic mass is 14.9. The van der Waals surface area contributed by atoms with Gasteiger partial charge in [-0.3, -0.25) is 0 Å². The molecule has 0 spiro atoms. The van der Waals surface area contributed by atoms with E-state index in [1.165, 1.54) is 54.2 Å². The van der Waals surface area contributed by atoms with Crippen molar-refractivity contribution in [2.45, 2.75) is 0 Å². The highest BCUT2D eigenvalue weighted by molar-refractivity contribution is 6.25. The van der Waals surface area contributed by atoms with Gasteiger partial charge in [0.05, 0.1) is 11.2 Å². The zero-order valence-corrected chi connectivity index (χ0v) is 23.9. The molecule has 9 aromatic rings. The fraction of sp³-hybridized carbons (Fsp3) is 0. The molecule has 0 N–H and O–H groups in total. The Bertz CT molecular complexity index is 2530. The normalized spacial score (nSPS) is 11.6. The minimum atomic E-state index is 0.732. The van der Waals surface area contributed by atoms with Gasteiger partial charge in [0.2, 0.25) is 0 Å². The number of hydrogen-bond acceptors (Lipinski definition) is 2. The van der Waals surface area contributed by atoms with E-state index in [4.69, 9.17) is 9.97 Å². The molecule has 0 fully saturated rings. The topological polar surface area (TPSA) is 25.8 Å². The van der Waals surface area contributed by atoms with Crippen LogP contribution < -0.4 is 0 Å². The molecule has 44 heavy (non-hydrogen) atoms. The van der Waals surface area contributed by atoms with Crippen molar-refractivity contribution in [2.75, 3.05) is 0 Å². The highest BCUT2D eigenvalue weighted by Gasteiger charge is 2.14. The third kappa shape index (κ3) is 3.96. The first-order valence-corrected chi connectivity index (χ1v) is 15.0. The van der Waals surface area contributed by atoms with Crippen LogP contribution in [0.25, 0.3) is 87.8 Å². The number of rotatable bonds is 3. The van der Waals surface area contributed by atoms with E-state index in [1.807, 2.05) is 12.1 Å². The molecule has 9 rings (SSSR count). The molecule has 0 saturated heterocycles. The maximum Gasteiger partial charge on any atom is 0.160 e. The monoisotopic (exact) mass is 558 g/mol. The van der Waals surface area contributed by atoms with Crippen LogP contribution in [0.5, 0.6) is 0 Å². The number of aromatic nitrogens is 2. The lowest BCUT2D eigenvalue weighted by Gasteiger charge is -2.13. The molecule has 204 valence electrons. The highest BCUT2D eigenvalue weighted by Crippen LogP contribution is 2.37. The lowest BCUT2D eigenvalue weighted by molar-refractivity contribution is 1.23. The summed E-state index contributed by atoms with van der Waals surface area (Å²) in [5.74, 6) is 0.732. The van der Waals surface area contributed by atoms with E-state index < -0.39 is 0 Å². The lowest BCUT2D eigenvalue weighted by atomic mass is 9.93. The molecule has 0 radical (unpaired) electrons. The second-order valence-corrected chi connectivity index (χ2v) is 11.4. The summed E-state index contributed by atoms with van der Waals surface area (Å²) in [5.41, 5.74) is 6.37. The van der Waals surface area contributed by atoms with Crippen molar-refractivity contribution < 1.29 is 0 Å². The summed E-state index contributed by atoms with van der Waals surface area (Å²) in [6.07, 6.45) is 0. The van der Waals surface area contributed by atoms with Crippen molar-refractivity contribution in [1.82, 2.24) is 9.97 Å². The SMILES string of the molecule is c1ccc(-c2ccc(-c3nc(-c4ccc5ccc6ccc7c8ccccc8ccc7c6c5c4)nc4ccccc34)cc2)cc1. The number of hydrogen-bond donors (Lipinski definition) is 0. The third-order valence-electron chi connectivity index (χ3n) is 8.85. The molecule has 1 heterocycles. The number of fused-ring (bicyclic) bond motifs is 8. The molecule has 2 heteroatoms. The molecule has 0 aliphatic carbocycles. The van der Waals surface area contributed by atoms with Crippen LogP contribution in [-0.4, -0.2) is 9.97 Å². The van der Waals surface area contributed by atoms with Crippen LogP contribution in [0, 0.1) is 0 Å².